The Kier molecular flexibility index (Phi) is 12.5. The number of nitrogens with zero attached hydrogens (tertiary/aromatic N) is 2. The van der Waals surface area contributed by atoms with Gasteiger partial charge in [0, 0.05) is 29.0 Å². The molecule has 1 aliphatic carbocycles. The molecule has 254 valence electrons. The summed E-state index contributed by atoms with van der Waals surface area (Å²) in [5.74, 6) is -1.75. The van der Waals surface area contributed by atoms with Crippen LogP contribution in [-0.2, 0) is 14.8 Å². The highest BCUT2D eigenvalue weighted by molar-refractivity contribution is 9.10. The van der Waals surface area contributed by atoms with Gasteiger partial charge < -0.3 is 20.5 Å². The Morgan fingerprint density at radius 1 is 1.00 bits per heavy atom. The van der Waals surface area contributed by atoms with Gasteiger partial charge in [0.1, 0.15) is 10.7 Å². The van der Waals surface area contributed by atoms with Crippen LogP contribution < -0.4 is 20.1 Å². The molecule has 2 aromatic carbocycles. The molecular formula is C28H32BrF6N5O5S. The van der Waals surface area contributed by atoms with Gasteiger partial charge in [0.25, 0.3) is 0 Å². The number of hydrogen-bond acceptors (Lipinski definition) is 8. The molecule has 0 bridgehead atoms. The second kappa shape index (κ2) is 15.5. The number of ether oxygens (including phenoxy) is 1. The Morgan fingerprint density at radius 2 is 1.59 bits per heavy atom. The number of rotatable bonds is 10. The summed E-state index contributed by atoms with van der Waals surface area (Å²) in [6.07, 6.45) is -6.75. The quantitative estimate of drug-likeness (QED) is 0.163. The van der Waals surface area contributed by atoms with E-state index in [-0.39, 0.29) is 23.0 Å². The Balaban J connectivity index is 0.000000738. The van der Waals surface area contributed by atoms with E-state index >= 15 is 0 Å². The van der Waals surface area contributed by atoms with Crippen LogP contribution in [0.3, 0.4) is 0 Å². The lowest BCUT2D eigenvalue weighted by atomic mass is 9.82. The van der Waals surface area contributed by atoms with E-state index in [0.717, 1.165) is 54.5 Å². The van der Waals surface area contributed by atoms with E-state index in [9.17, 15) is 34.8 Å². The Morgan fingerprint density at radius 3 is 2.15 bits per heavy atom. The van der Waals surface area contributed by atoms with Crippen LogP contribution in [0.2, 0.25) is 0 Å². The van der Waals surface area contributed by atoms with Crippen LogP contribution in [0, 0.1) is 11.8 Å². The summed E-state index contributed by atoms with van der Waals surface area (Å²) in [6.45, 7) is 4.93. The number of alkyl halides is 6. The van der Waals surface area contributed by atoms with Crippen molar-refractivity contribution in [1.82, 2.24) is 14.7 Å². The first-order chi connectivity index (χ1) is 21.3. The fourth-order valence-corrected chi connectivity index (χ4v) is 6.19. The number of carbonyl (C=O) groups is 1. The number of nitrogens with one attached hydrogen (secondary N) is 3. The van der Waals surface area contributed by atoms with Crippen LogP contribution in [-0.4, -0.2) is 61.1 Å². The summed E-state index contributed by atoms with van der Waals surface area (Å²) >= 11 is 3.05. The summed E-state index contributed by atoms with van der Waals surface area (Å²) in [7, 11) is -4.20. The van der Waals surface area contributed by atoms with Gasteiger partial charge in [-0.15, -0.1) is 13.2 Å². The SMILES string of the molecule is CC(C)Nc1nc(NCC2CCC(CNS(=O)(=O)c3ccc(Br)cc3OC(F)(F)F)CC2)nc2ccccc12.O=C(O)C(F)(F)F. The number of carboxylic acid groups (broad SMARTS) is 1. The molecule has 10 nitrogen and oxygen atoms in total. The first-order valence-electron chi connectivity index (χ1n) is 14.0. The number of anilines is 2. The molecular weight excluding hydrogens is 712 g/mol. The Hall–Kier alpha value is -3.38. The lowest BCUT2D eigenvalue weighted by Crippen LogP contribution is -2.33. The summed E-state index contributed by atoms with van der Waals surface area (Å²) in [6, 6.07) is 11.5. The zero-order valence-electron chi connectivity index (χ0n) is 24.5. The fraction of sp³-hybridized carbons (Fsp3) is 0.464. The summed E-state index contributed by atoms with van der Waals surface area (Å²) in [5.41, 5.74) is 0.851. The predicted octanol–water partition coefficient (Wildman–Crippen LogP) is 6.94. The first-order valence-corrected chi connectivity index (χ1v) is 16.2. The molecule has 0 amide bonds. The van der Waals surface area contributed by atoms with Gasteiger partial charge in [0.2, 0.25) is 16.0 Å². The number of aliphatic carboxylic acids is 1. The van der Waals surface area contributed by atoms with E-state index in [0.29, 0.717) is 18.4 Å². The minimum absolute atomic E-state index is 0.0808. The average molecular weight is 745 g/mol. The van der Waals surface area contributed by atoms with Crippen LogP contribution in [0.1, 0.15) is 39.5 Å². The summed E-state index contributed by atoms with van der Waals surface area (Å²) in [4.78, 5) is 17.6. The highest BCUT2D eigenvalue weighted by atomic mass is 79.9. The van der Waals surface area contributed by atoms with Crippen LogP contribution >= 0.6 is 15.9 Å². The second-order valence-corrected chi connectivity index (χ2v) is 13.4. The van der Waals surface area contributed by atoms with Crippen molar-refractivity contribution in [2.45, 2.75) is 63.0 Å². The van der Waals surface area contributed by atoms with Gasteiger partial charge in [-0.3, -0.25) is 0 Å². The van der Waals surface area contributed by atoms with Gasteiger partial charge in [-0.25, -0.2) is 22.9 Å². The lowest BCUT2D eigenvalue weighted by molar-refractivity contribution is -0.275. The third-order valence-corrected chi connectivity index (χ3v) is 8.73. The topological polar surface area (TPSA) is 143 Å². The van der Waals surface area contributed by atoms with Gasteiger partial charge in [-0.05, 0) is 81.7 Å². The van der Waals surface area contributed by atoms with Gasteiger partial charge in [-0.1, -0.05) is 28.1 Å². The number of benzene rings is 2. The lowest BCUT2D eigenvalue weighted by Gasteiger charge is -2.29. The van der Waals surface area contributed by atoms with E-state index < -0.39 is 39.2 Å². The molecule has 0 spiro atoms. The number of halogens is 7. The molecule has 0 atom stereocenters. The van der Waals surface area contributed by atoms with Crippen molar-refractivity contribution in [2.75, 3.05) is 23.7 Å². The molecule has 0 saturated heterocycles. The van der Waals surface area contributed by atoms with Crippen molar-refractivity contribution in [1.29, 1.82) is 0 Å². The molecule has 1 heterocycles. The molecule has 1 fully saturated rings. The number of carboxylic acids is 1. The Labute approximate surface area is 269 Å². The van der Waals surface area contributed by atoms with E-state index in [1.807, 2.05) is 24.3 Å². The zero-order valence-corrected chi connectivity index (χ0v) is 26.9. The third kappa shape index (κ3) is 11.5. The number of hydrogen-bond donors (Lipinski definition) is 4. The molecule has 1 saturated carbocycles. The van der Waals surface area contributed by atoms with Crippen molar-refractivity contribution >= 4 is 54.6 Å². The second-order valence-electron chi connectivity index (χ2n) is 10.8. The van der Waals surface area contributed by atoms with Gasteiger partial charge in [-0.2, -0.15) is 18.2 Å². The smallest absolute Gasteiger partial charge is 0.475 e. The molecule has 0 aliphatic heterocycles. The molecule has 0 unspecified atom stereocenters. The highest BCUT2D eigenvalue weighted by Gasteiger charge is 2.38. The molecule has 4 rings (SSSR count). The first kappa shape index (κ1) is 37.1. The number of sulfonamides is 1. The standard InChI is InChI=1S/C26H31BrF3N5O3S.C2HF3O2/c1-16(2)33-24-20-5-3-4-6-21(20)34-25(35-24)31-14-17-7-9-18(10-8-17)15-32-39(36,37)23-12-11-19(27)13-22(23)38-26(28,29)30;3-2(4,5)1(6)7/h3-6,11-13,16-18,32H,7-10,14-15H2,1-2H3,(H2,31,33,34,35);(H,6,7). The van der Waals surface area contributed by atoms with Crippen molar-refractivity contribution < 1.29 is 49.4 Å². The van der Waals surface area contributed by atoms with Crippen molar-refractivity contribution in [3.63, 3.8) is 0 Å². The molecule has 46 heavy (non-hydrogen) atoms. The van der Waals surface area contributed by atoms with E-state index in [1.54, 1.807) is 0 Å². The molecule has 1 aliphatic rings. The van der Waals surface area contributed by atoms with Crippen LogP contribution in [0.25, 0.3) is 10.9 Å². The van der Waals surface area contributed by atoms with Crippen molar-refractivity contribution in [3.8, 4) is 5.75 Å². The minimum atomic E-state index is -5.08. The maximum atomic E-state index is 12.8. The minimum Gasteiger partial charge on any atom is -0.475 e. The number of para-hydroxylation sites is 1. The third-order valence-electron chi connectivity index (χ3n) is 6.77. The average Bonchev–Trinajstić information content (AvgIpc) is 2.94. The number of fused-ring (bicyclic) bond motifs is 1. The van der Waals surface area contributed by atoms with Crippen LogP contribution in [0.15, 0.2) is 51.8 Å². The zero-order chi connectivity index (χ0) is 34.3. The monoisotopic (exact) mass is 743 g/mol. The molecule has 1 aromatic heterocycles. The number of aromatic nitrogens is 2. The fourth-order valence-electron chi connectivity index (χ4n) is 4.63. The predicted molar refractivity (Wildman–Crippen MR) is 162 cm³/mol. The van der Waals surface area contributed by atoms with Crippen molar-refractivity contribution in [3.05, 3.63) is 46.9 Å². The van der Waals surface area contributed by atoms with Crippen molar-refractivity contribution in [2.24, 2.45) is 11.8 Å². The molecule has 0 radical (unpaired) electrons. The normalized spacial score (nSPS) is 17.3. The molecule has 18 heteroatoms. The summed E-state index contributed by atoms with van der Waals surface area (Å²) in [5, 5.41) is 14.8. The van der Waals surface area contributed by atoms with Gasteiger partial charge in [0.05, 0.1) is 5.52 Å². The highest BCUT2D eigenvalue weighted by Crippen LogP contribution is 2.33. The summed E-state index contributed by atoms with van der Waals surface area (Å²) < 4.78 is 102. The molecule has 4 N–H and O–H groups in total. The Bertz CT molecular complexity index is 1600. The van der Waals surface area contributed by atoms with Gasteiger partial charge >= 0.3 is 18.5 Å². The van der Waals surface area contributed by atoms with Gasteiger partial charge in [0.15, 0.2) is 5.75 Å². The van der Waals surface area contributed by atoms with E-state index in [2.05, 4.69) is 59.8 Å². The van der Waals surface area contributed by atoms with E-state index in [4.69, 9.17) is 9.90 Å². The molecule has 3 aromatic rings. The van der Waals surface area contributed by atoms with Crippen LogP contribution in [0.4, 0.5) is 38.1 Å². The maximum Gasteiger partial charge on any atom is 0.573 e. The largest absolute Gasteiger partial charge is 0.573 e. The van der Waals surface area contributed by atoms with E-state index in [1.165, 1.54) is 6.07 Å². The van der Waals surface area contributed by atoms with Crippen LogP contribution in [0.5, 0.6) is 5.75 Å². The maximum absolute atomic E-state index is 12.8.